The number of halogens is 2. The van der Waals surface area contributed by atoms with Crippen LogP contribution in [-0.4, -0.2) is 36.4 Å². The third-order valence-electron chi connectivity index (χ3n) is 8.18. The largest absolute Gasteiger partial charge is 0.497 e. The first-order valence-electron chi connectivity index (χ1n) is 13.3. The van der Waals surface area contributed by atoms with Crippen LogP contribution in [0.15, 0.2) is 91.0 Å². The van der Waals surface area contributed by atoms with Gasteiger partial charge in [-0.3, -0.25) is 9.69 Å². The van der Waals surface area contributed by atoms with Gasteiger partial charge in [0.25, 0.3) is 0 Å². The number of Topliss-reactive ketones (excluding diaryl/α,β-unsaturated/α-hetero) is 1. The van der Waals surface area contributed by atoms with E-state index in [9.17, 15) is 13.6 Å². The predicted molar refractivity (Wildman–Crippen MR) is 149 cm³/mol. The Labute approximate surface area is 227 Å². The van der Waals surface area contributed by atoms with Crippen molar-refractivity contribution in [2.75, 3.05) is 25.5 Å². The van der Waals surface area contributed by atoms with Gasteiger partial charge in [-0.25, -0.2) is 8.78 Å². The van der Waals surface area contributed by atoms with Gasteiger partial charge in [0.05, 0.1) is 18.6 Å². The molecule has 0 aromatic heterocycles. The van der Waals surface area contributed by atoms with Crippen LogP contribution < -0.4 is 10.1 Å². The lowest BCUT2D eigenvalue weighted by Crippen LogP contribution is -2.56. The van der Waals surface area contributed by atoms with E-state index in [1.165, 1.54) is 12.1 Å². The highest BCUT2D eigenvalue weighted by Gasteiger charge is 2.49. The van der Waals surface area contributed by atoms with Crippen molar-refractivity contribution in [2.45, 2.75) is 30.8 Å². The molecule has 0 radical (unpaired) electrons. The molecule has 4 aromatic rings. The SMILES string of the molecule is COc1ccc(C2C(=O)c3ccc(-c4ccccc4)cc3NC23CCN(Cc2ccc(F)c(F)c2)CC3)cc1. The number of ketones is 1. The molecule has 1 unspecified atom stereocenters. The Hall–Kier alpha value is -4.03. The number of fused-ring (bicyclic) bond motifs is 1. The molecule has 0 bridgehead atoms. The summed E-state index contributed by atoms with van der Waals surface area (Å²) in [6.07, 6.45) is 1.46. The van der Waals surface area contributed by atoms with Crippen LogP contribution in [0, 0.1) is 11.6 Å². The average Bonchev–Trinajstić information content (AvgIpc) is 2.97. The van der Waals surface area contributed by atoms with E-state index in [1.54, 1.807) is 13.2 Å². The summed E-state index contributed by atoms with van der Waals surface area (Å²) in [5, 5.41) is 3.84. The molecule has 2 aliphatic heterocycles. The number of nitrogens with zero attached hydrogens (tertiary/aromatic N) is 1. The lowest BCUT2D eigenvalue weighted by atomic mass is 9.67. The number of carbonyl (C=O) groups excluding carboxylic acids is 1. The standard InChI is InChI=1S/C33H30F2N2O2/c1-39-26-11-8-24(9-12-26)31-32(38)27-13-10-25(23-5-3-2-4-6-23)20-30(27)36-33(31)15-17-37(18-16-33)21-22-7-14-28(34)29(35)19-22/h2-14,19-20,31,36H,15-18,21H2,1H3. The van der Waals surface area contributed by atoms with Crippen LogP contribution in [0.5, 0.6) is 5.75 Å². The first-order chi connectivity index (χ1) is 19.0. The van der Waals surface area contributed by atoms with Gasteiger partial charge in [-0.1, -0.05) is 54.6 Å². The van der Waals surface area contributed by atoms with Gasteiger partial charge in [-0.2, -0.15) is 0 Å². The molecule has 4 aromatic carbocycles. The molecule has 0 amide bonds. The zero-order valence-corrected chi connectivity index (χ0v) is 21.8. The van der Waals surface area contributed by atoms with Crippen LogP contribution in [0.2, 0.25) is 0 Å². The number of ether oxygens (including phenoxy) is 1. The van der Waals surface area contributed by atoms with E-state index in [1.807, 2.05) is 54.6 Å². The van der Waals surface area contributed by atoms with Gasteiger partial charge in [0.2, 0.25) is 0 Å². The fraction of sp³-hybridized carbons (Fsp3) is 0.242. The summed E-state index contributed by atoms with van der Waals surface area (Å²) in [6, 6.07) is 28.1. The smallest absolute Gasteiger partial charge is 0.174 e. The Kier molecular flexibility index (Phi) is 6.65. The van der Waals surface area contributed by atoms with Gasteiger partial charge in [0.1, 0.15) is 5.75 Å². The molecule has 1 atom stereocenters. The predicted octanol–water partition coefficient (Wildman–Crippen LogP) is 7.07. The first-order valence-corrected chi connectivity index (χ1v) is 13.3. The van der Waals surface area contributed by atoms with Crippen molar-refractivity contribution in [1.82, 2.24) is 4.90 Å². The Morgan fingerprint density at radius 1 is 0.872 bits per heavy atom. The van der Waals surface area contributed by atoms with Crippen molar-refractivity contribution in [3.8, 4) is 16.9 Å². The van der Waals surface area contributed by atoms with Crippen LogP contribution in [0.1, 0.15) is 40.2 Å². The maximum atomic E-state index is 14.2. The Morgan fingerprint density at radius 2 is 1.62 bits per heavy atom. The van der Waals surface area contributed by atoms with E-state index in [0.29, 0.717) is 12.1 Å². The monoisotopic (exact) mass is 524 g/mol. The molecule has 1 saturated heterocycles. The fourth-order valence-corrected chi connectivity index (χ4v) is 6.11. The molecule has 2 aliphatic rings. The molecule has 1 spiro atoms. The number of piperidine rings is 1. The molecular formula is C33H30F2N2O2. The topological polar surface area (TPSA) is 41.6 Å². The maximum absolute atomic E-state index is 14.2. The van der Waals surface area contributed by atoms with Crippen molar-refractivity contribution < 1.29 is 18.3 Å². The summed E-state index contributed by atoms with van der Waals surface area (Å²) in [6.45, 7) is 1.97. The fourth-order valence-electron chi connectivity index (χ4n) is 6.11. The minimum Gasteiger partial charge on any atom is -0.497 e. The summed E-state index contributed by atoms with van der Waals surface area (Å²) in [5.41, 5.74) is 4.94. The molecule has 4 nitrogen and oxygen atoms in total. The number of anilines is 1. The zero-order valence-electron chi connectivity index (χ0n) is 21.8. The summed E-state index contributed by atoms with van der Waals surface area (Å²) in [7, 11) is 1.63. The number of likely N-dealkylation sites (tertiary alicyclic amines) is 1. The second-order valence-electron chi connectivity index (χ2n) is 10.5. The van der Waals surface area contributed by atoms with E-state index >= 15 is 0 Å². The van der Waals surface area contributed by atoms with Crippen molar-refractivity contribution >= 4 is 11.5 Å². The number of hydrogen-bond acceptors (Lipinski definition) is 4. The Bertz CT molecular complexity index is 1500. The zero-order chi connectivity index (χ0) is 27.0. The third-order valence-corrected chi connectivity index (χ3v) is 8.18. The number of rotatable bonds is 5. The van der Waals surface area contributed by atoms with Crippen LogP contribution in [0.25, 0.3) is 11.1 Å². The van der Waals surface area contributed by atoms with Crippen LogP contribution >= 0.6 is 0 Å². The normalized spacial score (nSPS) is 18.4. The average molecular weight is 525 g/mol. The highest BCUT2D eigenvalue weighted by molar-refractivity contribution is 6.09. The molecule has 6 heteroatoms. The molecule has 0 aliphatic carbocycles. The summed E-state index contributed by atoms with van der Waals surface area (Å²) in [4.78, 5) is 16.4. The molecule has 198 valence electrons. The second-order valence-corrected chi connectivity index (χ2v) is 10.5. The first kappa shape index (κ1) is 25.3. The lowest BCUT2D eigenvalue weighted by Gasteiger charge is -2.50. The van der Waals surface area contributed by atoms with E-state index in [2.05, 4.69) is 28.4 Å². The van der Waals surface area contributed by atoms with Crippen molar-refractivity contribution in [3.63, 3.8) is 0 Å². The Balaban J connectivity index is 1.33. The Morgan fingerprint density at radius 3 is 2.31 bits per heavy atom. The summed E-state index contributed by atoms with van der Waals surface area (Å²) >= 11 is 0. The number of carbonyl (C=O) groups is 1. The van der Waals surface area contributed by atoms with Crippen LogP contribution in [-0.2, 0) is 6.54 Å². The summed E-state index contributed by atoms with van der Waals surface area (Å²) < 4.78 is 32.6. The molecule has 2 heterocycles. The van der Waals surface area contributed by atoms with Crippen LogP contribution in [0.3, 0.4) is 0 Å². The van der Waals surface area contributed by atoms with Gasteiger partial charge in [0.15, 0.2) is 17.4 Å². The van der Waals surface area contributed by atoms with Gasteiger partial charge < -0.3 is 10.1 Å². The molecule has 39 heavy (non-hydrogen) atoms. The van der Waals surface area contributed by atoms with E-state index < -0.39 is 17.2 Å². The minimum atomic E-state index is -0.836. The molecular weight excluding hydrogens is 494 g/mol. The highest BCUT2D eigenvalue weighted by atomic mass is 19.2. The molecule has 1 N–H and O–H groups in total. The van der Waals surface area contributed by atoms with Gasteiger partial charge in [-0.05, 0) is 71.5 Å². The van der Waals surface area contributed by atoms with Gasteiger partial charge >= 0.3 is 0 Å². The van der Waals surface area contributed by atoms with Crippen molar-refractivity contribution in [1.29, 1.82) is 0 Å². The van der Waals surface area contributed by atoms with Crippen LogP contribution in [0.4, 0.5) is 14.5 Å². The second kappa shape index (κ2) is 10.3. The molecule has 0 saturated carbocycles. The minimum absolute atomic E-state index is 0.114. The van der Waals surface area contributed by atoms with Crippen molar-refractivity contribution in [3.05, 3.63) is 119 Å². The molecule has 6 rings (SSSR count). The van der Waals surface area contributed by atoms with Gasteiger partial charge in [0, 0.05) is 30.9 Å². The quantitative estimate of drug-likeness (QED) is 0.303. The van der Waals surface area contributed by atoms with Crippen molar-refractivity contribution in [2.24, 2.45) is 0 Å². The lowest BCUT2D eigenvalue weighted by molar-refractivity contribution is 0.0842. The van der Waals surface area contributed by atoms with Gasteiger partial charge in [-0.15, -0.1) is 0 Å². The number of hydrogen-bond donors (Lipinski definition) is 1. The molecule has 1 fully saturated rings. The summed E-state index contributed by atoms with van der Waals surface area (Å²) in [5.74, 6) is -1.16. The van der Waals surface area contributed by atoms with E-state index in [4.69, 9.17) is 4.74 Å². The van der Waals surface area contributed by atoms with E-state index in [0.717, 1.165) is 59.6 Å². The number of methoxy groups -OCH3 is 1. The highest BCUT2D eigenvalue weighted by Crippen LogP contribution is 2.47. The maximum Gasteiger partial charge on any atom is 0.174 e. The number of benzene rings is 4. The third kappa shape index (κ3) is 4.81. The number of nitrogens with one attached hydrogen (secondary N) is 1. The van der Waals surface area contributed by atoms with E-state index in [-0.39, 0.29) is 11.7 Å².